The number of ether oxygens (including phenoxy) is 2. The number of allylic oxidation sites excluding steroid dienone is 2. The van der Waals surface area contributed by atoms with E-state index in [1.807, 2.05) is 38.1 Å². The quantitative estimate of drug-likeness (QED) is 0.684. The van der Waals surface area contributed by atoms with Gasteiger partial charge in [-0.25, -0.2) is 0 Å². The average molecular weight is 380 g/mol. The molecular formula is C23H24O5. The topological polar surface area (TPSA) is 79.2 Å². The Labute approximate surface area is 164 Å². The minimum absolute atomic E-state index is 0.0179. The van der Waals surface area contributed by atoms with Gasteiger partial charge in [-0.1, -0.05) is 24.3 Å². The molecule has 5 nitrogen and oxygen atoms in total. The summed E-state index contributed by atoms with van der Waals surface area (Å²) in [7, 11) is 0. The molecule has 0 fully saturated rings. The summed E-state index contributed by atoms with van der Waals surface area (Å²) in [5.74, 6) is 1.05. The number of fused-ring (bicyclic) bond motifs is 1. The summed E-state index contributed by atoms with van der Waals surface area (Å²) in [5, 5.41) is 31.8. The van der Waals surface area contributed by atoms with E-state index in [2.05, 4.69) is 6.58 Å². The van der Waals surface area contributed by atoms with Crippen LogP contribution >= 0.6 is 0 Å². The highest BCUT2D eigenvalue weighted by atomic mass is 16.7. The summed E-state index contributed by atoms with van der Waals surface area (Å²) in [4.78, 5) is 0. The normalized spacial score (nSPS) is 23.4. The number of phenolic OH excluding ortho intramolecular Hbond substituents is 2. The number of phenols is 2. The molecule has 3 atom stereocenters. The van der Waals surface area contributed by atoms with Crippen molar-refractivity contribution < 1.29 is 24.8 Å². The summed E-state index contributed by atoms with van der Waals surface area (Å²) in [6.45, 7) is 8.01. The lowest BCUT2D eigenvalue weighted by Crippen LogP contribution is -2.26. The molecule has 0 bridgehead atoms. The number of aliphatic hydroxyl groups is 1. The second kappa shape index (κ2) is 6.91. The SMILES string of the molecule is C=C(C)[C@@H]1C[C@H](O)C(C)=C[C@H]1c1c(O)cc(-c2ccc3c(c2)OCO3)cc1O. The number of aromatic hydroxyl groups is 2. The first-order valence-electron chi connectivity index (χ1n) is 9.33. The van der Waals surface area contributed by atoms with Crippen LogP contribution in [0, 0.1) is 5.92 Å². The largest absolute Gasteiger partial charge is 0.507 e. The number of rotatable bonds is 3. The molecule has 5 heteroatoms. The summed E-state index contributed by atoms with van der Waals surface area (Å²) in [6.07, 6.45) is 1.91. The summed E-state index contributed by atoms with van der Waals surface area (Å²) >= 11 is 0. The lowest BCUT2D eigenvalue weighted by Gasteiger charge is -2.34. The molecule has 0 spiro atoms. The van der Waals surface area contributed by atoms with Crippen molar-refractivity contribution in [1.82, 2.24) is 0 Å². The number of aliphatic hydroxyl groups excluding tert-OH is 1. The number of benzene rings is 2. The van der Waals surface area contributed by atoms with Crippen LogP contribution in [-0.2, 0) is 0 Å². The van der Waals surface area contributed by atoms with Gasteiger partial charge in [0.25, 0.3) is 0 Å². The third-order valence-electron chi connectivity index (χ3n) is 5.69. The fourth-order valence-electron chi connectivity index (χ4n) is 4.08. The zero-order chi connectivity index (χ0) is 20.0. The standard InChI is InChI=1S/C23H24O5/c1-12(2)16-10-18(24)13(3)6-17(16)23-19(25)7-15(8-20(23)26)14-4-5-21-22(9-14)28-11-27-21/h4-9,16-18,24-26H,1,10-11H2,2-3H3/t16-,17+,18-/m0/s1. The highest BCUT2D eigenvalue weighted by Crippen LogP contribution is 2.48. The Morgan fingerprint density at radius 2 is 1.71 bits per heavy atom. The van der Waals surface area contributed by atoms with Crippen molar-refractivity contribution in [2.24, 2.45) is 5.92 Å². The van der Waals surface area contributed by atoms with Gasteiger partial charge in [-0.3, -0.25) is 0 Å². The fourth-order valence-corrected chi connectivity index (χ4v) is 4.08. The van der Waals surface area contributed by atoms with E-state index in [4.69, 9.17) is 9.47 Å². The van der Waals surface area contributed by atoms with Crippen LogP contribution < -0.4 is 9.47 Å². The van der Waals surface area contributed by atoms with E-state index in [0.29, 0.717) is 29.0 Å². The van der Waals surface area contributed by atoms with Crippen molar-refractivity contribution in [3.8, 4) is 34.1 Å². The van der Waals surface area contributed by atoms with Crippen LogP contribution in [0.2, 0.25) is 0 Å². The Balaban J connectivity index is 1.76. The van der Waals surface area contributed by atoms with Gasteiger partial charge >= 0.3 is 0 Å². The lowest BCUT2D eigenvalue weighted by atomic mass is 9.72. The van der Waals surface area contributed by atoms with Crippen LogP contribution in [0.1, 0.15) is 31.7 Å². The highest BCUT2D eigenvalue weighted by molar-refractivity contribution is 5.72. The average Bonchev–Trinajstić information content (AvgIpc) is 3.11. The molecule has 4 rings (SSSR count). The summed E-state index contributed by atoms with van der Waals surface area (Å²) < 4.78 is 10.7. The van der Waals surface area contributed by atoms with Gasteiger partial charge in [-0.2, -0.15) is 0 Å². The third kappa shape index (κ3) is 3.12. The molecule has 0 saturated carbocycles. The summed E-state index contributed by atoms with van der Waals surface area (Å²) in [5.41, 5.74) is 3.69. The second-order valence-corrected chi connectivity index (χ2v) is 7.64. The maximum Gasteiger partial charge on any atom is 0.231 e. The van der Waals surface area contributed by atoms with Gasteiger partial charge in [-0.15, -0.1) is 0 Å². The van der Waals surface area contributed by atoms with E-state index < -0.39 is 6.10 Å². The van der Waals surface area contributed by atoms with Crippen molar-refractivity contribution in [3.05, 3.63) is 59.7 Å². The molecule has 28 heavy (non-hydrogen) atoms. The Kier molecular flexibility index (Phi) is 4.55. The number of hydrogen-bond acceptors (Lipinski definition) is 5. The minimum Gasteiger partial charge on any atom is -0.507 e. The maximum atomic E-state index is 10.8. The van der Waals surface area contributed by atoms with Crippen LogP contribution in [0.3, 0.4) is 0 Å². The van der Waals surface area contributed by atoms with E-state index in [1.165, 1.54) is 0 Å². The van der Waals surface area contributed by atoms with Crippen molar-refractivity contribution in [2.75, 3.05) is 6.79 Å². The van der Waals surface area contributed by atoms with Gasteiger partial charge in [-0.05, 0) is 67.2 Å². The molecular weight excluding hydrogens is 356 g/mol. The molecule has 0 unspecified atom stereocenters. The van der Waals surface area contributed by atoms with Crippen LogP contribution in [0.4, 0.5) is 0 Å². The molecule has 2 aromatic rings. The predicted molar refractivity (Wildman–Crippen MR) is 107 cm³/mol. The molecule has 0 aromatic heterocycles. The van der Waals surface area contributed by atoms with Crippen molar-refractivity contribution in [2.45, 2.75) is 32.3 Å². The molecule has 3 N–H and O–H groups in total. The van der Waals surface area contributed by atoms with Crippen molar-refractivity contribution in [1.29, 1.82) is 0 Å². The molecule has 0 radical (unpaired) electrons. The van der Waals surface area contributed by atoms with Gasteiger partial charge < -0.3 is 24.8 Å². The monoisotopic (exact) mass is 380 g/mol. The zero-order valence-electron chi connectivity index (χ0n) is 16.0. The second-order valence-electron chi connectivity index (χ2n) is 7.64. The predicted octanol–water partition coefficient (Wildman–Crippen LogP) is 4.48. The summed E-state index contributed by atoms with van der Waals surface area (Å²) in [6, 6.07) is 8.80. The smallest absolute Gasteiger partial charge is 0.231 e. The maximum absolute atomic E-state index is 10.8. The van der Waals surface area contributed by atoms with Crippen LogP contribution in [0.5, 0.6) is 23.0 Å². The Bertz CT molecular complexity index is 952. The van der Waals surface area contributed by atoms with E-state index in [9.17, 15) is 15.3 Å². The molecule has 2 aliphatic rings. The molecule has 2 aromatic carbocycles. The van der Waals surface area contributed by atoms with Crippen LogP contribution in [-0.4, -0.2) is 28.2 Å². The highest BCUT2D eigenvalue weighted by Gasteiger charge is 2.33. The third-order valence-corrected chi connectivity index (χ3v) is 5.69. The van der Waals surface area contributed by atoms with Crippen LogP contribution in [0.25, 0.3) is 11.1 Å². The lowest BCUT2D eigenvalue weighted by molar-refractivity contribution is 0.168. The number of hydrogen-bond donors (Lipinski definition) is 3. The van der Waals surface area contributed by atoms with E-state index >= 15 is 0 Å². The van der Waals surface area contributed by atoms with Crippen molar-refractivity contribution >= 4 is 0 Å². The van der Waals surface area contributed by atoms with Crippen LogP contribution in [0.15, 0.2) is 54.1 Å². The van der Waals surface area contributed by atoms with Gasteiger partial charge in [0.15, 0.2) is 11.5 Å². The minimum atomic E-state index is -0.532. The molecule has 1 heterocycles. The molecule has 146 valence electrons. The van der Waals surface area contributed by atoms with Crippen molar-refractivity contribution in [3.63, 3.8) is 0 Å². The first kappa shape index (κ1) is 18.4. The Morgan fingerprint density at radius 1 is 1.04 bits per heavy atom. The van der Waals surface area contributed by atoms with Gasteiger partial charge in [0.2, 0.25) is 6.79 Å². The zero-order valence-corrected chi connectivity index (χ0v) is 16.0. The molecule has 1 aliphatic carbocycles. The molecule has 0 amide bonds. The fraction of sp³-hybridized carbons (Fsp3) is 0.304. The Morgan fingerprint density at radius 3 is 2.39 bits per heavy atom. The van der Waals surface area contributed by atoms with Gasteiger partial charge in [0.05, 0.1) is 6.10 Å². The first-order chi connectivity index (χ1) is 13.3. The first-order valence-corrected chi connectivity index (χ1v) is 9.33. The Hall–Kier alpha value is -2.92. The molecule has 1 aliphatic heterocycles. The van der Waals surface area contributed by atoms with Gasteiger partial charge in [0, 0.05) is 11.5 Å². The van der Waals surface area contributed by atoms with E-state index in [-0.39, 0.29) is 30.1 Å². The van der Waals surface area contributed by atoms with Gasteiger partial charge in [0.1, 0.15) is 11.5 Å². The van der Waals surface area contributed by atoms with E-state index in [1.54, 1.807) is 12.1 Å². The molecule has 0 saturated heterocycles. The van der Waals surface area contributed by atoms with E-state index in [0.717, 1.165) is 16.7 Å².